The van der Waals surface area contributed by atoms with Crippen LogP contribution in [0.1, 0.15) is 30.0 Å². The van der Waals surface area contributed by atoms with E-state index in [1.54, 1.807) is 6.07 Å². The van der Waals surface area contributed by atoms with Gasteiger partial charge in [-0.2, -0.15) is 4.31 Å². The molecule has 2 aromatic carbocycles. The van der Waals surface area contributed by atoms with Gasteiger partial charge in [0, 0.05) is 24.7 Å². The fourth-order valence-electron chi connectivity index (χ4n) is 3.13. The fourth-order valence-corrected chi connectivity index (χ4v) is 4.92. The summed E-state index contributed by atoms with van der Waals surface area (Å²) in [5.41, 5.74) is 1.32. The molecule has 1 saturated heterocycles. The minimum Gasteiger partial charge on any atom is -0.258 e. The topological polar surface area (TPSA) is 80.5 Å². The van der Waals surface area contributed by atoms with Gasteiger partial charge in [0.1, 0.15) is 0 Å². The zero-order chi connectivity index (χ0) is 17.2. The van der Waals surface area contributed by atoms with E-state index in [1.807, 2.05) is 30.3 Å². The summed E-state index contributed by atoms with van der Waals surface area (Å²) in [6.45, 7) is 0.483. The Morgan fingerprint density at radius 1 is 1.12 bits per heavy atom. The van der Waals surface area contributed by atoms with Crippen LogP contribution in [0.5, 0.6) is 0 Å². The lowest BCUT2D eigenvalue weighted by Gasteiger charge is -2.24. The van der Waals surface area contributed by atoms with E-state index >= 15 is 0 Å². The Morgan fingerprint density at radius 2 is 1.88 bits per heavy atom. The molecule has 1 aliphatic heterocycles. The zero-order valence-corrected chi connectivity index (χ0v) is 13.9. The van der Waals surface area contributed by atoms with Crippen LogP contribution in [0.4, 0.5) is 5.69 Å². The monoisotopic (exact) mass is 346 g/mol. The van der Waals surface area contributed by atoms with Crippen molar-refractivity contribution in [3.05, 3.63) is 75.8 Å². The van der Waals surface area contributed by atoms with Crippen LogP contribution in [0, 0.1) is 10.1 Å². The number of hydrogen-bond donors (Lipinski definition) is 0. The van der Waals surface area contributed by atoms with Crippen LogP contribution < -0.4 is 0 Å². The molecule has 1 aliphatic rings. The standard InChI is InChI=1S/C17H18N2O4S/c20-19(21)16-9-4-6-14(12-16)13-24(22,23)18-11-5-10-17(18)15-7-2-1-3-8-15/h1-4,6-9,12,17H,5,10-11,13H2/t17-/m0/s1. The second-order valence-corrected chi connectivity index (χ2v) is 7.78. The van der Waals surface area contributed by atoms with Crippen molar-refractivity contribution in [3.63, 3.8) is 0 Å². The van der Waals surface area contributed by atoms with E-state index in [9.17, 15) is 18.5 Å². The van der Waals surface area contributed by atoms with Gasteiger partial charge in [-0.15, -0.1) is 0 Å². The number of nitro benzene ring substituents is 1. The van der Waals surface area contributed by atoms with Crippen LogP contribution >= 0.6 is 0 Å². The van der Waals surface area contributed by atoms with E-state index in [1.165, 1.54) is 22.5 Å². The molecule has 1 atom stereocenters. The molecule has 0 radical (unpaired) electrons. The molecule has 0 N–H and O–H groups in total. The number of non-ortho nitro benzene ring substituents is 1. The van der Waals surface area contributed by atoms with E-state index in [-0.39, 0.29) is 17.5 Å². The first-order valence-electron chi connectivity index (χ1n) is 7.75. The summed E-state index contributed by atoms with van der Waals surface area (Å²) in [5.74, 6) is -0.224. The molecule has 24 heavy (non-hydrogen) atoms. The lowest BCUT2D eigenvalue weighted by molar-refractivity contribution is -0.384. The first-order valence-corrected chi connectivity index (χ1v) is 9.36. The highest BCUT2D eigenvalue weighted by Crippen LogP contribution is 2.35. The summed E-state index contributed by atoms with van der Waals surface area (Å²) >= 11 is 0. The van der Waals surface area contributed by atoms with Crippen LogP contribution in [0.3, 0.4) is 0 Å². The molecule has 2 aromatic rings. The van der Waals surface area contributed by atoms with Gasteiger partial charge in [0.15, 0.2) is 0 Å². The third-order valence-electron chi connectivity index (χ3n) is 4.22. The number of nitro groups is 1. The molecule has 0 amide bonds. The van der Waals surface area contributed by atoms with Gasteiger partial charge in [-0.3, -0.25) is 10.1 Å². The van der Waals surface area contributed by atoms with Crippen molar-refractivity contribution in [1.29, 1.82) is 0 Å². The highest BCUT2D eigenvalue weighted by Gasteiger charge is 2.35. The maximum Gasteiger partial charge on any atom is 0.269 e. The number of hydrogen-bond acceptors (Lipinski definition) is 4. The van der Waals surface area contributed by atoms with Gasteiger partial charge in [-0.1, -0.05) is 42.5 Å². The normalized spacial score (nSPS) is 18.6. The number of rotatable bonds is 5. The van der Waals surface area contributed by atoms with Crippen LogP contribution in [-0.4, -0.2) is 24.2 Å². The van der Waals surface area contributed by atoms with Crippen molar-refractivity contribution in [1.82, 2.24) is 4.31 Å². The number of nitrogens with zero attached hydrogens (tertiary/aromatic N) is 2. The highest BCUT2D eigenvalue weighted by molar-refractivity contribution is 7.88. The smallest absolute Gasteiger partial charge is 0.258 e. The van der Waals surface area contributed by atoms with Crippen molar-refractivity contribution in [2.75, 3.05) is 6.54 Å². The number of sulfonamides is 1. The van der Waals surface area contributed by atoms with Crippen LogP contribution in [0.25, 0.3) is 0 Å². The molecule has 6 nitrogen and oxygen atoms in total. The first kappa shape index (κ1) is 16.6. The largest absolute Gasteiger partial charge is 0.269 e. The Labute approximate surface area is 140 Å². The van der Waals surface area contributed by atoms with Gasteiger partial charge in [0.2, 0.25) is 10.0 Å². The molecule has 126 valence electrons. The highest BCUT2D eigenvalue weighted by atomic mass is 32.2. The summed E-state index contributed by atoms with van der Waals surface area (Å²) < 4.78 is 27.2. The van der Waals surface area contributed by atoms with Gasteiger partial charge >= 0.3 is 0 Å². The molecular weight excluding hydrogens is 328 g/mol. The maximum atomic E-state index is 12.8. The average Bonchev–Trinajstić information content (AvgIpc) is 3.06. The van der Waals surface area contributed by atoms with Gasteiger partial charge in [0.25, 0.3) is 5.69 Å². The average molecular weight is 346 g/mol. The van der Waals surface area contributed by atoms with Gasteiger partial charge in [-0.25, -0.2) is 8.42 Å². The molecule has 1 heterocycles. The Bertz CT molecular complexity index is 837. The van der Waals surface area contributed by atoms with Crippen LogP contribution in [0.2, 0.25) is 0 Å². The van der Waals surface area contributed by atoms with Crippen LogP contribution in [-0.2, 0) is 15.8 Å². The van der Waals surface area contributed by atoms with E-state index < -0.39 is 14.9 Å². The van der Waals surface area contributed by atoms with E-state index in [4.69, 9.17) is 0 Å². The predicted molar refractivity (Wildman–Crippen MR) is 90.8 cm³/mol. The number of benzene rings is 2. The molecule has 0 spiro atoms. The third kappa shape index (κ3) is 3.47. The molecule has 0 bridgehead atoms. The van der Waals surface area contributed by atoms with Crippen molar-refractivity contribution < 1.29 is 13.3 Å². The van der Waals surface area contributed by atoms with Crippen molar-refractivity contribution in [3.8, 4) is 0 Å². The first-order chi connectivity index (χ1) is 11.5. The summed E-state index contributed by atoms with van der Waals surface area (Å²) in [7, 11) is -3.54. The lowest BCUT2D eigenvalue weighted by Crippen LogP contribution is -2.31. The second-order valence-electron chi connectivity index (χ2n) is 5.86. The SMILES string of the molecule is O=[N+]([O-])c1cccc(CS(=O)(=O)N2CCC[C@H]2c2ccccc2)c1. The maximum absolute atomic E-state index is 12.8. The summed E-state index contributed by atoms with van der Waals surface area (Å²) in [5, 5.41) is 10.9. The van der Waals surface area contributed by atoms with Crippen molar-refractivity contribution in [2.24, 2.45) is 0 Å². The minimum absolute atomic E-state index is 0.0938. The van der Waals surface area contributed by atoms with Gasteiger partial charge in [-0.05, 0) is 24.0 Å². The molecule has 1 fully saturated rings. The Kier molecular flexibility index (Phi) is 4.64. The fraction of sp³-hybridized carbons (Fsp3) is 0.294. The molecule has 0 saturated carbocycles. The lowest BCUT2D eigenvalue weighted by atomic mass is 10.1. The zero-order valence-electron chi connectivity index (χ0n) is 13.0. The van der Waals surface area contributed by atoms with E-state index in [0.717, 1.165) is 18.4 Å². The second kappa shape index (κ2) is 6.70. The minimum atomic E-state index is -3.54. The molecule has 0 aromatic heterocycles. The summed E-state index contributed by atoms with van der Waals surface area (Å²) in [6, 6.07) is 15.2. The van der Waals surface area contributed by atoms with Crippen molar-refractivity contribution >= 4 is 15.7 Å². The molecule has 7 heteroatoms. The molecule has 3 rings (SSSR count). The molecular formula is C17H18N2O4S. The van der Waals surface area contributed by atoms with E-state index in [0.29, 0.717) is 12.1 Å². The summed E-state index contributed by atoms with van der Waals surface area (Å²) in [4.78, 5) is 10.3. The van der Waals surface area contributed by atoms with Crippen molar-refractivity contribution in [2.45, 2.75) is 24.6 Å². The predicted octanol–water partition coefficient (Wildman–Crippen LogP) is 3.26. The Morgan fingerprint density at radius 3 is 2.58 bits per heavy atom. The van der Waals surface area contributed by atoms with Gasteiger partial charge < -0.3 is 0 Å². The molecule has 0 aliphatic carbocycles. The third-order valence-corrected chi connectivity index (χ3v) is 6.07. The quantitative estimate of drug-likeness (QED) is 0.615. The molecule has 0 unspecified atom stereocenters. The van der Waals surface area contributed by atoms with Gasteiger partial charge in [0.05, 0.1) is 10.7 Å². The Balaban J connectivity index is 1.85. The van der Waals surface area contributed by atoms with Crippen LogP contribution in [0.15, 0.2) is 54.6 Å². The summed E-state index contributed by atoms with van der Waals surface area (Å²) in [6.07, 6.45) is 1.60. The van der Waals surface area contributed by atoms with E-state index in [2.05, 4.69) is 0 Å². The Hall–Kier alpha value is -2.25.